The number of carbonyl (C=O) groups is 2. The average Bonchev–Trinajstić information content (AvgIpc) is 2.14. The van der Waals surface area contributed by atoms with Gasteiger partial charge in [0.1, 0.15) is 0 Å². The Bertz CT molecular complexity index is 428. The van der Waals surface area contributed by atoms with E-state index >= 15 is 0 Å². The van der Waals surface area contributed by atoms with Gasteiger partial charge >= 0.3 is 0 Å². The standard InChI is InChI=1S/C11H14BrN3O2/c1-6-2-7(12)4-8(3-6)15-11(17)9(13)5-10(14)16/h2-4,9H,5,13H2,1H3,(H2,14,16)(H,15,17). The molecule has 0 spiro atoms. The quantitative estimate of drug-likeness (QED) is 0.770. The zero-order valence-corrected chi connectivity index (χ0v) is 11.0. The lowest BCUT2D eigenvalue weighted by molar-refractivity contribution is -0.123. The molecule has 5 N–H and O–H groups in total. The van der Waals surface area contributed by atoms with Gasteiger partial charge in [-0.05, 0) is 30.7 Å². The summed E-state index contributed by atoms with van der Waals surface area (Å²) in [5.41, 5.74) is 12.1. The third-order valence-electron chi connectivity index (χ3n) is 2.07. The number of anilines is 1. The molecule has 2 amide bonds. The number of primary amides is 1. The smallest absolute Gasteiger partial charge is 0.241 e. The van der Waals surface area contributed by atoms with E-state index in [1.54, 1.807) is 12.1 Å². The Morgan fingerprint density at radius 1 is 1.41 bits per heavy atom. The van der Waals surface area contributed by atoms with Gasteiger partial charge < -0.3 is 16.8 Å². The summed E-state index contributed by atoms with van der Waals surface area (Å²) in [6.45, 7) is 1.91. The van der Waals surface area contributed by atoms with E-state index < -0.39 is 17.9 Å². The van der Waals surface area contributed by atoms with Gasteiger partial charge in [0, 0.05) is 10.2 Å². The van der Waals surface area contributed by atoms with Crippen molar-refractivity contribution in [3.8, 4) is 0 Å². The van der Waals surface area contributed by atoms with E-state index in [2.05, 4.69) is 21.2 Å². The van der Waals surface area contributed by atoms with Gasteiger partial charge in [-0.1, -0.05) is 15.9 Å². The fraction of sp³-hybridized carbons (Fsp3) is 0.273. The van der Waals surface area contributed by atoms with Crippen molar-refractivity contribution in [3.63, 3.8) is 0 Å². The van der Waals surface area contributed by atoms with Crippen molar-refractivity contribution >= 4 is 33.4 Å². The number of nitrogens with two attached hydrogens (primary N) is 2. The molecule has 1 aromatic carbocycles. The molecule has 1 unspecified atom stereocenters. The van der Waals surface area contributed by atoms with E-state index in [0.29, 0.717) is 5.69 Å². The number of hydrogen-bond donors (Lipinski definition) is 3. The van der Waals surface area contributed by atoms with Crippen molar-refractivity contribution in [1.82, 2.24) is 0 Å². The van der Waals surface area contributed by atoms with Crippen LogP contribution in [0.15, 0.2) is 22.7 Å². The number of amides is 2. The van der Waals surface area contributed by atoms with Crippen LogP contribution in [0.2, 0.25) is 0 Å². The summed E-state index contributed by atoms with van der Waals surface area (Å²) in [5.74, 6) is -1.03. The Balaban J connectivity index is 2.70. The van der Waals surface area contributed by atoms with Crippen molar-refractivity contribution < 1.29 is 9.59 Å². The summed E-state index contributed by atoms with van der Waals surface area (Å²) >= 11 is 3.32. The number of carbonyl (C=O) groups excluding carboxylic acids is 2. The molecule has 0 fully saturated rings. The minimum absolute atomic E-state index is 0.168. The third kappa shape index (κ3) is 4.54. The molecule has 0 aliphatic heterocycles. The molecule has 17 heavy (non-hydrogen) atoms. The maximum atomic E-state index is 11.6. The zero-order chi connectivity index (χ0) is 13.0. The average molecular weight is 300 g/mol. The molecule has 0 radical (unpaired) electrons. The largest absolute Gasteiger partial charge is 0.370 e. The number of hydrogen-bond acceptors (Lipinski definition) is 3. The monoisotopic (exact) mass is 299 g/mol. The topological polar surface area (TPSA) is 98.2 Å². The van der Waals surface area contributed by atoms with Crippen LogP contribution in [0.3, 0.4) is 0 Å². The van der Waals surface area contributed by atoms with E-state index in [-0.39, 0.29) is 6.42 Å². The molecule has 0 aliphatic carbocycles. The number of halogens is 1. The summed E-state index contributed by atoms with van der Waals surface area (Å²) in [4.78, 5) is 22.2. The maximum absolute atomic E-state index is 11.6. The van der Waals surface area contributed by atoms with Crippen LogP contribution in [-0.2, 0) is 9.59 Å². The Kier molecular flexibility index (Phi) is 4.65. The van der Waals surface area contributed by atoms with Gasteiger partial charge in [0.15, 0.2) is 0 Å². The summed E-state index contributed by atoms with van der Waals surface area (Å²) in [7, 11) is 0. The second-order valence-corrected chi connectivity index (χ2v) is 4.70. The minimum atomic E-state index is -0.924. The van der Waals surface area contributed by atoms with Crippen molar-refractivity contribution in [2.75, 3.05) is 5.32 Å². The minimum Gasteiger partial charge on any atom is -0.370 e. The first-order valence-electron chi connectivity index (χ1n) is 5.00. The van der Waals surface area contributed by atoms with Crippen LogP contribution in [-0.4, -0.2) is 17.9 Å². The van der Waals surface area contributed by atoms with Crippen LogP contribution >= 0.6 is 15.9 Å². The Labute approximate surface area is 108 Å². The fourth-order valence-corrected chi connectivity index (χ4v) is 1.96. The first kappa shape index (κ1) is 13.7. The second-order valence-electron chi connectivity index (χ2n) is 3.78. The molecule has 0 heterocycles. The maximum Gasteiger partial charge on any atom is 0.241 e. The molecule has 6 heteroatoms. The molecule has 92 valence electrons. The van der Waals surface area contributed by atoms with Crippen molar-refractivity contribution in [2.45, 2.75) is 19.4 Å². The molecule has 0 saturated carbocycles. The predicted molar refractivity (Wildman–Crippen MR) is 69.3 cm³/mol. The number of nitrogens with one attached hydrogen (secondary N) is 1. The highest BCUT2D eigenvalue weighted by atomic mass is 79.9. The molecule has 0 aliphatic rings. The lowest BCUT2D eigenvalue weighted by Gasteiger charge is -2.11. The summed E-state index contributed by atoms with van der Waals surface area (Å²) in [6, 6.07) is 4.55. The van der Waals surface area contributed by atoms with Gasteiger partial charge in [-0.15, -0.1) is 0 Å². The van der Waals surface area contributed by atoms with E-state index in [1.807, 2.05) is 13.0 Å². The summed E-state index contributed by atoms with van der Waals surface area (Å²) < 4.78 is 0.858. The molecule has 5 nitrogen and oxygen atoms in total. The Morgan fingerprint density at radius 3 is 2.59 bits per heavy atom. The fourth-order valence-electron chi connectivity index (χ4n) is 1.35. The molecular formula is C11H14BrN3O2. The summed E-state index contributed by atoms with van der Waals surface area (Å²) in [5, 5.41) is 2.63. The molecule has 1 aromatic rings. The molecule has 1 rings (SSSR count). The summed E-state index contributed by atoms with van der Waals surface area (Å²) in [6.07, 6.45) is -0.168. The van der Waals surface area contributed by atoms with E-state index in [1.165, 1.54) is 0 Å². The molecule has 0 aromatic heterocycles. The molecule has 1 atom stereocenters. The molecule has 0 saturated heterocycles. The normalized spacial score (nSPS) is 11.9. The van der Waals surface area contributed by atoms with Crippen LogP contribution < -0.4 is 16.8 Å². The van der Waals surface area contributed by atoms with Gasteiger partial charge in [0.25, 0.3) is 0 Å². The lowest BCUT2D eigenvalue weighted by Crippen LogP contribution is -2.39. The predicted octanol–water partition coefficient (Wildman–Crippen LogP) is 0.899. The SMILES string of the molecule is Cc1cc(Br)cc(NC(=O)C(N)CC(N)=O)c1. The van der Waals surface area contributed by atoms with Crippen LogP contribution in [0.5, 0.6) is 0 Å². The number of aryl methyl sites for hydroxylation is 1. The van der Waals surface area contributed by atoms with Crippen LogP contribution in [0, 0.1) is 6.92 Å². The highest BCUT2D eigenvalue weighted by Crippen LogP contribution is 2.19. The lowest BCUT2D eigenvalue weighted by atomic mass is 10.2. The highest BCUT2D eigenvalue weighted by Gasteiger charge is 2.16. The van der Waals surface area contributed by atoms with Crippen molar-refractivity contribution in [3.05, 3.63) is 28.2 Å². The third-order valence-corrected chi connectivity index (χ3v) is 2.53. The van der Waals surface area contributed by atoms with E-state index in [0.717, 1.165) is 10.0 Å². The Hall–Kier alpha value is -1.40. The first-order chi connectivity index (χ1) is 7.88. The molecule has 0 bridgehead atoms. The van der Waals surface area contributed by atoms with Gasteiger partial charge in [-0.25, -0.2) is 0 Å². The number of benzene rings is 1. The van der Waals surface area contributed by atoms with Crippen molar-refractivity contribution in [2.24, 2.45) is 11.5 Å². The van der Waals surface area contributed by atoms with Crippen LogP contribution in [0.4, 0.5) is 5.69 Å². The van der Waals surface area contributed by atoms with Crippen LogP contribution in [0.1, 0.15) is 12.0 Å². The van der Waals surface area contributed by atoms with E-state index in [9.17, 15) is 9.59 Å². The molecular weight excluding hydrogens is 286 g/mol. The zero-order valence-electron chi connectivity index (χ0n) is 9.37. The van der Waals surface area contributed by atoms with Gasteiger partial charge in [0.05, 0.1) is 12.5 Å². The Morgan fingerprint density at radius 2 is 2.06 bits per heavy atom. The van der Waals surface area contributed by atoms with Gasteiger partial charge in [0.2, 0.25) is 11.8 Å². The van der Waals surface area contributed by atoms with Gasteiger partial charge in [-0.3, -0.25) is 9.59 Å². The highest BCUT2D eigenvalue weighted by molar-refractivity contribution is 9.10. The van der Waals surface area contributed by atoms with Gasteiger partial charge in [-0.2, -0.15) is 0 Å². The first-order valence-corrected chi connectivity index (χ1v) is 5.79. The number of rotatable bonds is 4. The second kappa shape index (κ2) is 5.79. The van der Waals surface area contributed by atoms with Crippen LogP contribution in [0.25, 0.3) is 0 Å². The van der Waals surface area contributed by atoms with E-state index in [4.69, 9.17) is 11.5 Å². The van der Waals surface area contributed by atoms with Crippen molar-refractivity contribution in [1.29, 1.82) is 0 Å².